The molecule has 2 amide bonds. The number of hydrogen-bond donors (Lipinski definition) is 0. The average molecular weight is 356 g/mol. The molecule has 138 valence electrons. The SMILES string of the molecule is CCN(CC)C(=O)N1C[C@H]2CCC[C@@]2(c2noc(-c3cnccn3)n2)C1. The molecule has 1 aliphatic carbocycles. The van der Waals surface area contributed by atoms with Crippen LogP contribution in [-0.2, 0) is 5.41 Å². The fraction of sp³-hybridized carbons (Fsp3) is 0.611. The number of fused-ring (bicyclic) bond motifs is 1. The summed E-state index contributed by atoms with van der Waals surface area (Å²) in [6.07, 6.45) is 8.05. The van der Waals surface area contributed by atoms with Crippen molar-refractivity contribution in [3.63, 3.8) is 0 Å². The highest BCUT2D eigenvalue weighted by Gasteiger charge is 2.54. The van der Waals surface area contributed by atoms with Gasteiger partial charge in [-0.05, 0) is 32.6 Å². The minimum Gasteiger partial charge on any atom is -0.332 e. The number of rotatable bonds is 4. The second-order valence-corrected chi connectivity index (χ2v) is 7.09. The molecule has 2 aliphatic rings. The zero-order chi connectivity index (χ0) is 18.1. The molecule has 1 saturated carbocycles. The first-order chi connectivity index (χ1) is 12.7. The third-order valence-electron chi connectivity index (χ3n) is 5.83. The van der Waals surface area contributed by atoms with Crippen LogP contribution in [0.3, 0.4) is 0 Å². The number of carbonyl (C=O) groups excluding carboxylic acids is 1. The molecule has 2 aromatic heterocycles. The minimum absolute atomic E-state index is 0.112. The van der Waals surface area contributed by atoms with Crippen molar-refractivity contribution < 1.29 is 9.32 Å². The van der Waals surface area contributed by atoms with Gasteiger partial charge in [0.15, 0.2) is 5.82 Å². The Morgan fingerprint density at radius 3 is 2.96 bits per heavy atom. The molecule has 0 aromatic carbocycles. The van der Waals surface area contributed by atoms with Crippen LogP contribution in [-0.4, -0.2) is 62.1 Å². The molecule has 2 fully saturated rings. The molecule has 0 N–H and O–H groups in total. The molecule has 0 unspecified atom stereocenters. The fourth-order valence-electron chi connectivity index (χ4n) is 4.43. The van der Waals surface area contributed by atoms with Gasteiger partial charge in [-0.15, -0.1) is 0 Å². The Morgan fingerprint density at radius 1 is 1.38 bits per heavy atom. The maximum Gasteiger partial charge on any atom is 0.320 e. The van der Waals surface area contributed by atoms with Gasteiger partial charge in [-0.25, -0.2) is 9.78 Å². The number of amides is 2. The van der Waals surface area contributed by atoms with Gasteiger partial charge in [-0.2, -0.15) is 4.98 Å². The lowest BCUT2D eigenvalue weighted by Crippen LogP contribution is -2.43. The van der Waals surface area contributed by atoms with E-state index < -0.39 is 0 Å². The van der Waals surface area contributed by atoms with Gasteiger partial charge in [0.05, 0.1) is 11.6 Å². The van der Waals surface area contributed by atoms with Crippen LogP contribution in [0, 0.1) is 5.92 Å². The van der Waals surface area contributed by atoms with Crippen molar-refractivity contribution in [2.75, 3.05) is 26.2 Å². The van der Waals surface area contributed by atoms with Crippen molar-refractivity contribution in [2.45, 2.75) is 38.5 Å². The number of hydrogen-bond acceptors (Lipinski definition) is 6. The lowest BCUT2D eigenvalue weighted by atomic mass is 9.80. The average Bonchev–Trinajstić information content (AvgIpc) is 3.37. The lowest BCUT2D eigenvalue weighted by Gasteiger charge is -2.28. The predicted octanol–water partition coefficient (Wildman–Crippen LogP) is 2.34. The standard InChI is InChI=1S/C18H24N6O2/c1-3-23(4-2)17(25)24-11-13-6-5-7-18(13,12-24)16-21-15(26-22-16)14-10-19-8-9-20-14/h8-10,13H,3-7,11-12H2,1-2H3/t13-,18-/m1/s1. The van der Waals surface area contributed by atoms with Gasteiger partial charge < -0.3 is 14.3 Å². The summed E-state index contributed by atoms with van der Waals surface area (Å²) in [6.45, 7) is 6.91. The van der Waals surface area contributed by atoms with Crippen LogP contribution >= 0.6 is 0 Å². The van der Waals surface area contributed by atoms with Crippen LogP contribution in [0.5, 0.6) is 0 Å². The molecule has 8 nitrogen and oxygen atoms in total. The van der Waals surface area contributed by atoms with Crippen LogP contribution in [0.15, 0.2) is 23.1 Å². The zero-order valence-electron chi connectivity index (χ0n) is 15.3. The van der Waals surface area contributed by atoms with Crippen LogP contribution in [0.4, 0.5) is 4.79 Å². The Hall–Kier alpha value is -2.51. The van der Waals surface area contributed by atoms with Crippen LogP contribution in [0.25, 0.3) is 11.6 Å². The van der Waals surface area contributed by atoms with E-state index in [2.05, 4.69) is 20.1 Å². The second-order valence-electron chi connectivity index (χ2n) is 7.09. The quantitative estimate of drug-likeness (QED) is 0.835. The molecule has 3 heterocycles. The van der Waals surface area contributed by atoms with E-state index in [-0.39, 0.29) is 11.4 Å². The lowest BCUT2D eigenvalue weighted by molar-refractivity contribution is 0.163. The summed E-state index contributed by atoms with van der Waals surface area (Å²) in [4.78, 5) is 29.6. The van der Waals surface area contributed by atoms with E-state index >= 15 is 0 Å². The number of aromatic nitrogens is 4. The molecule has 8 heteroatoms. The summed E-state index contributed by atoms with van der Waals surface area (Å²) in [5, 5.41) is 4.28. The molecule has 1 saturated heterocycles. The van der Waals surface area contributed by atoms with Crippen molar-refractivity contribution >= 4 is 6.03 Å². The molecule has 2 aromatic rings. The van der Waals surface area contributed by atoms with E-state index in [9.17, 15) is 4.79 Å². The molecular formula is C18H24N6O2. The minimum atomic E-state index is -0.202. The number of urea groups is 1. The summed E-state index contributed by atoms with van der Waals surface area (Å²) >= 11 is 0. The van der Waals surface area contributed by atoms with Gasteiger partial charge in [0.25, 0.3) is 5.89 Å². The van der Waals surface area contributed by atoms with Crippen molar-refractivity contribution in [3.05, 3.63) is 24.4 Å². The zero-order valence-corrected chi connectivity index (χ0v) is 15.3. The third kappa shape index (κ3) is 2.64. The topological polar surface area (TPSA) is 88.3 Å². The molecule has 4 rings (SSSR count). The van der Waals surface area contributed by atoms with Crippen LogP contribution < -0.4 is 0 Å². The smallest absolute Gasteiger partial charge is 0.320 e. The van der Waals surface area contributed by atoms with E-state index in [0.717, 1.165) is 38.9 Å². The molecule has 0 radical (unpaired) electrons. The number of likely N-dealkylation sites (tertiary alicyclic amines) is 1. The summed E-state index contributed by atoms with van der Waals surface area (Å²) in [5.74, 6) is 1.48. The highest BCUT2D eigenvalue weighted by atomic mass is 16.5. The molecule has 0 spiro atoms. The van der Waals surface area contributed by atoms with E-state index in [1.54, 1.807) is 18.6 Å². The largest absolute Gasteiger partial charge is 0.332 e. The molecular weight excluding hydrogens is 332 g/mol. The monoisotopic (exact) mass is 356 g/mol. The first-order valence-electron chi connectivity index (χ1n) is 9.32. The third-order valence-corrected chi connectivity index (χ3v) is 5.83. The summed E-state index contributed by atoms with van der Waals surface area (Å²) in [5.41, 5.74) is 0.374. The Morgan fingerprint density at radius 2 is 2.23 bits per heavy atom. The van der Waals surface area contributed by atoms with Gasteiger partial charge in [0.1, 0.15) is 5.69 Å². The Kier molecular flexibility index (Phi) is 4.34. The maximum atomic E-state index is 12.8. The Labute approximate surface area is 152 Å². The highest BCUT2D eigenvalue weighted by molar-refractivity contribution is 5.75. The first kappa shape index (κ1) is 16.9. The number of nitrogens with zero attached hydrogens (tertiary/aromatic N) is 6. The van der Waals surface area contributed by atoms with Gasteiger partial charge in [0, 0.05) is 38.6 Å². The predicted molar refractivity (Wildman–Crippen MR) is 94.2 cm³/mol. The van der Waals surface area contributed by atoms with Gasteiger partial charge >= 0.3 is 6.03 Å². The normalized spacial score (nSPS) is 24.7. The highest BCUT2D eigenvalue weighted by Crippen LogP contribution is 2.49. The second kappa shape index (κ2) is 6.66. The van der Waals surface area contributed by atoms with Crippen molar-refractivity contribution in [3.8, 4) is 11.6 Å². The van der Waals surface area contributed by atoms with E-state index in [0.29, 0.717) is 29.9 Å². The molecule has 2 atom stereocenters. The van der Waals surface area contributed by atoms with Crippen molar-refractivity contribution in [2.24, 2.45) is 5.92 Å². The maximum absolute atomic E-state index is 12.8. The Bertz CT molecular complexity index is 775. The summed E-state index contributed by atoms with van der Waals surface area (Å²) < 4.78 is 5.47. The summed E-state index contributed by atoms with van der Waals surface area (Å²) in [7, 11) is 0. The van der Waals surface area contributed by atoms with Crippen LogP contribution in [0.1, 0.15) is 38.9 Å². The van der Waals surface area contributed by atoms with Gasteiger partial charge in [0.2, 0.25) is 0 Å². The van der Waals surface area contributed by atoms with Crippen molar-refractivity contribution in [1.82, 2.24) is 29.9 Å². The van der Waals surface area contributed by atoms with E-state index in [4.69, 9.17) is 4.52 Å². The molecule has 0 bridgehead atoms. The number of carbonyl (C=O) groups is 1. The van der Waals surface area contributed by atoms with Gasteiger partial charge in [-0.3, -0.25) is 4.98 Å². The molecule has 26 heavy (non-hydrogen) atoms. The molecule has 1 aliphatic heterocycles. The summed E-state index contributed by atoms with van der Waals surface area (Å²) in [6, 6.07) is 0.112. The van der Waals surface area contributed by atoms with E-state index in [1.807, 2.05) is 23.6 Å². The first-order valence-corrected chi connectivity index (χ1v) is 9.32. The van der Waals surface area contributed by atoms with Crippen LogP contribution in [0.2, 0.25) is 0 Å². The van der Waals surface area contributed by atoms with Gasteiger partial charge in [-0.1, -0.05) is 11.6 Å². The Balaban J connectivity index is 1.61. The van der Waals surface area contributed by atoms with Crippen molar-refractivity contribution in [1.29, 1.82) is 0 Å². The fourth-order valence-corrected chi connectivity index (χ4v) is 4.43. The van der Waals surface area contributed by atoms with E-state index in [1.165, 1.54) is 0 Å².